The fraction of sp³-hybridized carbons (Fsp3) is 0.571. The molecule has 0 bridgehead atoms. The molecule has 0 amide bonds. The van der Waals surface area contributed by atoms with E-state index in [0.717, 1.165) is 11.4 Å². The van der Waals surface area contributed by atoms with Gasteiger partial charge >= 0.3 is 0 Å². The molecule has 0 unspecified atom stereocenters. The van der Waals surface area contributed by atoms with Crippen LogP contribution in [0.3, 0.4) is 0 Å². The third kappa shape index (κ3) is 3.44. The van der Waals surface area contributed by atoms with Gasteiger partial charge in [-0.15, -0.1) is 0 Å². The van der Waals surface area contributed by atoms with Crippen LogP contribution >= 0.6 is 11.6 Å². The standard InChI is InChI=1S/C14H20ClNO/c15-14-10-11(8-9-17-16)6-7-13(14)12-4-2-1-3-5-12/h6-7,10,12H,1-5,8-9,16H2. The molecule has 1 saturated carbocycles. The Morgan fingerprint density at radius 3 is 2.65 bits per heavy atom. The topological polar surface area (TPSA) is 35.2 Å². The fourth-order valence-corrected chi connectivity index (χ4v) is 3.01. The van der Waals surface area contributed by atoms with Crippen molar-refractivity contribution < 1.29 is 4.84 Å². The summed E-state index contributed by atoms with van der Waals surface area (Å²) in [5, 5.41) is 0.909. The molecule has 1 aromatic rings. The van der Waals surface area contributed by atoms with Gasteiger partial charge in [-0.1, -0.05) is 43.0 Å². The Labute approximate surface area is 108 Å². The number of nitrogens with two attached hydrogens (primary N) is 1. The van der Waals surface area contributed by atoms with E-state index in [1.165, 1.54) is 43.2 Å². The molecule has 0 saturated heterocycles. The number of hydrogen-bond acceptors (Lipinski definition) is 2. The minimum absolute atomic E-state index is 0.541. The van der Waals surface area contributed by atoms with Crippen LogP contribution in [-0.2, 0) is 11.3 Å². The molecule has 0 aliphatic heterocycles. The molecule has 1 aromatic carbocycles. The normalized spacial score (nSPS) is 17.3. The molecule has 0 aromatic heterocycles. The molecule has 1 fully saturated rings. The first-order chi connectivity index (χ1) is 8.31. The van der Waals surface area contributed by atoms with E-state index in [1.54, 1.807) is 0 Å². The summed E-state index contributed by atoms with van der Waals surface area (Å²) in [6.45, 7) is 0.541. The third-order valence-electron chi connectivity index (χ3n) is 3.62. The highest BCUT2D eigenvalue weighted by molar-refractivity contribution is 6.31. The summed E-state index contributed by atoms with van der Waals surface area (Å²) in [7, 11) is 0. The predicted molar refractivity (Wildman–Crippen MR) is 71.1 cm³/mol. The van der Waals surface area contributed by atoms with Crippen molar-refractivity contribution in [3.05, 3.63) is 34.3 Å². The molecule has 0 radical (unpaired) electrons. The number of hydrogen-bond donors (Lipinski definition) is 1. The van der Waals surface area contributed by atoms with Crippen molar-refractivity contribution >= 4 is 11.6 Å². The number of rotatable bonds is 4. The average Bonchev–Trinajstić information content (AvgIpc) is 2.37. The van der Waals surface area contributed by atoms with Gasteiger partial charge in [0.15, 0.2) is 0 Å². The zero-order valence-corrected chi connectivity index (χ0v) is 10.9. The summed E-state index contributed by atoms with van der Waals surface area (Å²) in [4.78, 5) is 4.59. The maximum Gasteiger partial charge on any atom is 0.0719 e. The van der Waals surface area contributed by atoms with E-state index in [2.05, 4.69) is 23.0 Å². The largest absolute Gasteiger partial charge is 0.304 e. The molecule has 2 N–H and O–H groups in total. The Morgan fingerprint density at radius 1 is 1.24 bits per heavy atom. The van der Waals surface area contributed by atoms with Gasteiger partial charge in [-0.25, -0.2) is 5.90 Å². The van der Waals surface area contributed by atoms with E-state index in [0.29, 0.717) is 12.5 Å². The van der Waals surface area contributed by atoms with Crippen molar-refractivity contribution in [2.45, 2.75) is 44.4 Å². The second-order valence-corrected chi connectivity index (χ2v) is 5.22. The smallest absolute Gasteiger partial charge is 0.0719 e. The molecule has 2 rings (SSSR count). The molecule has 0 heterocycles. The second kappa shape index (κ2) is 6.39. The van der Waals surface area contributed by atoms with E-state index < -0.39 is 0 Å². The van der Waals surface area contributed by atoms with Crippen LogP contribution in [0, 0.1) is 0 Å². The number of halogens is 1. The van der Waals surface area contributed by atoms with Crippen molar-refractivity contribution in [3.63, 3.8) is 0 Å². The van der Waals surface area contributed by atoms with Crippen molar-refractivity contribution in [2.75, 3.05) is 6.61 Å². The molecule has 0 atom stereocenters. The average molecular weight is 254 g/mol. The van der Waals surface area contributed by atoms with Crippen LogP contribution in [-0.4, -0.2) is 6.61 Å². The Hall–Kier alpha value is -0.570. The third-order valence-corrected chi connectivity index (χ3v) is 3.95. The van der Waals surface area contributed by atoms with Gasteiger partial charge in [0, 0.05) is 5.02 Å². The minimum atomic E-state index is 0.541. The molecular weight excluding hydrogens is 234 g/mol. The lowest BCUT2D eigenvalue weighted by Crippen LogP contribution is -2.06. The van der Waals surface area contributed by atoms with Crippen LogP contribution in [0.5, 0.6) is 0 Å². The maximum absolute atomic E-state index is 6.37. The number of benzene rings is 1. The summed E-state index contributed by atoms with van der Waals surface area (Å²) in [6, 6.07) is 6.39. The van der Waals surface area contributed by atoms with Gasteiger partial charge in [0.1, 0.15) is 0 Å². The zero-order valence-electron chi connectivity index (χ0n) is 10.1. The van der Waals surface area contributed by atoms with Crippen LogP contribution < -0.4 is 5.90 Å². The first-order valence-electron chi connectivity index (χ1n) is 6.41. The van der Waals surface area contributed by atoms with E-state index in [4.69, 9.17) is 17.5 Å². The zero-order chi connectivity index (χ0) is 12.1. The lowest BCUT2D eigenvalue weighted by Gasteiger charge is -2.23. The highest BCUT2D eigenvalue weighted by Gasteiger charge is 2.17. The molecule has 3 heteroatoms. The maximum atomic E-state index is 6.37. The highest BCUT2D eigenvalue weighted by Crippen LogP contribution is 2.36. The monoisotopic (exact) mass is 253 g/mol. The Balaban J connectivity index is 2.07. The quantitative estimate of drug-likeness (QED) is 0.828. The van der Waals surface area contributed by atoms with Crippen molar-refractivity contribution in [3.8, 4) is 0 Å². The minimum Gasteiger partial charge on any atom is -0.304 e. The first-order valence-corrected chi connectivity index (χ1v) is 6.79. The van der Waals surface area contributed by atoms with Gasteiger partial charge in [0.2, 0.25) is 0 Å². The Kier molecular flexibility index (Phi) is 4.84. The van der Waals surface area contributed by atoms with Crippen LogP contribution in [0.15, 0.2) is 18.2 Å². The first kappa shape index (κ1) is 12.9. The van der Waals surface area contributed by atoms with Gasteiger partial charge in [0.25, 0.3) is 0 Å². The summed E-state index contributed by atoms with van der Waals surface area (Å²) < 4.78 is 0. The Bertz CT molecular complexity index is 361. The summed E-state index contributed by atoms with van der Waals surface area (Å²) in [6.07, 6.45) is 7.44. The molecular formula is C14H20ClNO. The van der Waals surface area contributed by atoms with E-state index >= 15 is 0 Å². The van der Waals surface area contributed by atoms with Crippen LogP contribution in [0.2, 0.25) is 5.02 Å². The van der Waals surface area contributed by atoms with Gasteiger partial charge < -0.3 is 4.84 Å². The van der Waals surface area contributed by atoms with Crippen molar-refractivity contribution in [1.29, 1.82) is 0 Å². The molecule has 2 nitrogen and oxygen atoms in total. The predicted octanol–water partition coefficient (Wildman–Crippen LogP) is 3.82. The fourth-order valence-electron chi connectivity index (χ4n) is 2.65. The Morgan fingerprint density at radius 2 is 2.00 bits per heavy atom. The summed E-state index contributed by atoms with van der Waals surface area (Å²) >= 11 is 6.37. The van der Waals surface area contributed by atoms with E-state index in [1.807, 2.05) is 0 Å². The summed E-state index contributed by atoms with van der Waals surface area (Å²) in [5.41, 5.74) is 2.52. The van der Waals surface area contributed by atoms with E-state index in [9.17, 15) is 0 Å². The lowest BCUT2D eigenvalue weighted by molar-refractivity contribution is 0.141. The van der Waals surface area contributed by atoms with Gasteiger partial charge in [-0.3, -0.25) is 0 Å². The molecule has 17 heavy (non-hydrogen) atoms. The van der Waals surface area contributed by atoms with Gasteiger partial charge in [0.05, 0.1) is 6.61 Å². The SMILES string of the molecule is NOCCc1ccc(C2CCCCC2)c(Cl)c1. The highest BCUT2D eigenvalue weighted by atomic mass is 35.5. The van der Waals surface area contributed by atoms with Gasteiger partial charge in [-0.2, -0.15) is 0 Å². The van der Waals surface area contributed by atoms with Gasteiger partial charge in [-0.05, 0) is 42.4 Å². The molecule has 0 spiro atoms. The molecule has 94 valence electrons. The molecule has 1 aliphatic carbocycles. The van der Waals surface area contributed by atoms with Crippen LogP contribution in [0.1, 0.15) is 49.1 Å². The van der Waals surface area contributed by atoms with E-state index in [-0.39, 0.29) is 0 Å². The second-order valence-electron chi connectivity index (χ2n) is 4.81. The summed E-state index contributed by atoms with van der Waals surface area (Å²) in [5.74, 6) is 5.69. The molecule has 1 aliphatic rings. The van der Waals surface area contributed by atoms with Crippen molar-refractivity contribution in [2.24, 2.45) is 5.90 Å². The van der Waals surface area contributed by atoms with Crippen LogP contribution in [0.25, 0.3) is 0 Å². The van der Waals surface area contributed by atoms with Crippen molar-refractivity contribution in [1.82, 2.24) is 0 Å². The lowest BCUT2D eigenvalue weighted by atomic mass is 9.84. The van der Waals surface area contributed by atoms with Crippen LogP contribution in [0.4, 0.5) is 0 Å².